The summed E-state index contributed by atoms with van der Waals surface area (Å²) in [7, 11) is 0. The lowest BCUT2D eigenvalue weighted by molar-refractivity contribution is 0.247. The molecule has 148 valence electrons. The summed E-state index contributed by atoms with van der Waals surface area (Å²) in [4.78, 5) is 2.44. The van der Waals surface area contributed by atoms with Gasteiger partial charge in [0.25, 0.3) is 0 Å². The fourth-order valence-corrected chi connectivity index (χ4v) is 4.73. The number of hydrogen-bond acceptors (Lipinski definition) is 2. The van der Waals surface area contributed by atoms with Crippen molar-refractivity contribution >= 4 is 0 Å². The number of hydrogen-bond donors (Lipinski definition) is 0. The highest BCUT2D eigenvalue weighted by Crippen LogP contribution is 2.45. The van der Waals surface area contributed by atoms with Gasteiger partial charge in [-0.1, -0.05) is 62.2 Å². The van der Waals surface area contributed by atoms with E-state index < -0.39 is 5.41 Å². The van der Waals surface area contributed by atoms with Gasteiger partial charge in [-0.2, -0.15) is 5.26 Å². The van der Waals surface area contributed by atoms with Gasteiger partial charge in [0.1, 0.15) is 5.82 Å². The van der Waals surface area contributed by atoms with Gasteiger partial charge in [-0.05, 0) is 68.0 Å². The van der Waals surface area contributed by atoms with E-state index in [2.05, 4.69) is 42.2 Å². The molecule has 2 nitrogen and oxygen atoms in total. The molecule has 0 bridgehead atoms. The topological polar surface area (TPSA) is 27.0 Å². The summed E-state index contributed by atoms with van der Waals surface area (Å²) in [6, 6.07) is 19.9. The molecule has 2 aromatic rings. The number of nitriles is 1. The van der Waals surface area contributed by atoms with Crippen LogP contribution < -0.4 is 0 Å². The Morgan fingerprint density at radius 2 is 1.75 bits per heavy atom. The largest absolute Gasteiger partial charge is 0.299 e. The van der Waals surface area contributed by atoms with Crippen molar-refractivity contribution in [3.63, 3.8) is 0 Å². The number of rotatable bonds is 9. The van der Waals surface area contributed by atoms with Gasteiger partial charge in [0.05, 0.1) is 11.5 Å². The van der Waals surface area contributed by atoms with E-state index in [1.807, 2.05) is 18.2 Å². The van der Waals surface area contributed by atoms with Crippen LogP contribution in [0.1, 0.15) is 56.6 Å². The molecule has 1 aliphatic carbocycles. The maximum Gasteiger partial charge on any atom is 0.123 e. The smallest absolute Gasteiger partial charge is 0.123 e. The van der Waals surface area contributed by atoms with Gasteiger partial charge >= 0.3 is 0 Å². The normalized spacial score (nSPS) is 16.8. The molecule has 28 heavy (non-hydrogen) atoms. The van der Waals surface area contributed by atoms with Crippen molar-refractivity contribution < 1.29 is 4.39 Å². The predicted molar refractivity (Wildman–Crippen MR) is 112 cm³/mol. The molecule has 1 unspecified atom stereocenters. The highest BCUT2D eigenvalue weighted by atomic mass is 19.1. The Morgan fingerprint density at radius 1 is 1.07 bits per heavy atom. The second-order valence-electron chi connectivity index (χ2n) is 8.03. The van der Waals surface area contributed by atoms with Crippen molar-refractivity contribution in [3.8, 4) is 6.07 Å². The minimum Gasteiger partial charge on any atom is -0.299 e. The van der Waals surface area contributed by atoms with Crippen LogP contribution in [-0.4, -0.2) is 18.0 Å². The predicted octanol–water partition coefficient (Wildman–Crippen LogP) is 6.08. The molecule has 1 fully saturated rings. The molecule has 0 amide bonds. The maximum atomic E-state index is 13.5. The van der Waals surface area contributed by atoms with Crippen LogP contribution in [0.25, 0.3) is 0 Å². The van der Waals surface area contributed by atoms with Gasteiger partial charge in [0, 0.05) is 6.54 Å². The minimum absolute atomic E-state index is 0.234. The van der Waals surface area contributed by atoms with E-state index in [1.54, 1.807) is 0 Å². The Morgan fingerprint density at radius 3 is 2.36 bits per heavy atom. The van der Waals surface area contributed by atoms with Gasteiger partial charge in [-0.15, -0.1) is 0 Å². The van der Waals surface area contributed by atoms with Crippen molar-refractivity contribution in [2.75, 3.05) is 13.1 Å². The van der Waals surface area contributed by atoms with Gasteiger partial charge in [0.2, 0.25) is 0 Å². The van der Waals surface area contributed by atoms with Crippen molar-refractivity contribution in [2.45, 2.75) is 57.4 Å². The summed E-state index contributed by atoms with van der Waals surface area (Å²) in [6.07, 6.45) is 6.42. The number of nitrogens with zero attached hydrogens (tertiary/aromatic N) is 2. The van der Waals surface area contributed by atoms with E-state index in [-0.39, 0.29) is 5.82 Å². The van der Waals surface area contributed by atoms with Crippen LogP contribution in [0.5, 0.6) is 0 Å². The summed E-state index contributed by atoms with van der Waals surface area (Å²) in [5, 5.41) is 10.3. The van der Waals surface area contributed by atoms with Crippen LogP contribution in [0.3, 0.4) is 0 Å². The van der Waals surface area contributed by atoms with Crippen LogP contribution in [0.4, 0.5) is 4.39 Å². The molecular weight excluding hydrogens is 347 g/mol. The first-order valence-electron chi connectivity index (χ1n) is 10.6. The summed E-state index contributed by atoms with van der Waals surface area (Å²) in [6.45, 7) is 5.10. The summed E-state index contributed by atoms with van der Waals surface area (Å²) in [5.74, 6) is 0.147. The van der Waals surface area contributed by atoms with E-state index in [0.29, 0.717) is 5.92 Å². The van der Waals surface area contributed by atoms with Gasteiger partial charge in [-0.25, -0.2) is 4.39 Å². The molecule has 0 aromatic heterocycles. The molecule has 0 heterocycles. The van der Waals surface area contributed by atoms with E-state index in [9.17, 15) is 9.65 Å². The molecule has 0 spiro atoms. The van der Waals surface area contributed by atoms with Crippen molar-refractivity contribution in [1.82, 2.24) is 4.90 Å². The monoisotopic (exact) mass is 378 g/mol. The van der Waals surface area contributed by atoms with Gasteiger partial charge in [-0.3, -0.25) is 4.90 Å². The summed E-state index contributed by atoms with van der Waals surface area (Å²) < 4.78 is 13.5. The lowest BCUT2D eigenvalue weighted by atomic mass is 9.67. The molecule has 0 saturated heterocycles. The first-order chi connectivity index (χ1) is 13.7. The third-order valence-electron chi connectivity index (χ3n) is 6.35. The first-order valence-corrected chi connectivity index (χ1v) is 10.6. The molecular formula is C25H31FN2. The molecule has 2 aromatic carbocycles. The Hall–Kier alpha value is -2.18. The Labute approximate surface area is 169 Å². The standard InChI is InChI=1S/C25H31FN2/c1-2-28(19-21-9-4-3-5-10-21)18-8-17-25(20-27,22-11-6-7-12-22)23-13-15-24(26)16-14-23/h3-5,9-10,13-16,22H,2,6-8,11-12,17-19H2,1H3. The van der Waals surface area contributed by atoms with Crippen LogP contribution in [-0.2, 0) is 12.0 Å². The third-order valence-corrected chi connectivity index (χ3v) is 6.35. The zero-order valence-electron chi connectivity index (χ0n) is 16.9. The van der Waals surface area contributed by atoms with Crippen LogP contribution in [0.15, 0.2) is 54.6 Å². The summed E-state index contributed by atoms with van der Waals surface area (Å²) >= 11 is 0. The molecule has 1 aliphatic rings. The maximum absolute atomic E-state index is 13.5. The van der Waals surface area contributed by atoms with Crippen molar-refractivity contribution in [1.29, 1.82) is 5.26 Å². The SMILES string of the molecule is CCN(CCCC(C#N)(c1ccc(F)cc1)C1CCCC1)Cc1ccccc1. The minimum atomic E-state index is -0.490. The van der Waals surface area contributed by atoms with E-state index in [4.69, 9.17) is 0 Å². The molecule has 1 atom stereocenters. The Bertz CT molecular complexity index is 759. The van der Waals surface area contributed by atoms with E-state index >= 15 is 0 Å². The molecule has 1 saturated carbocycles. The number of benzene rings is 2. The Kier molecular flexibility index (Phi) is 7.23. The highest BCUT2D eigenvalue weighted by molar-refractivity contribution is 5.34. The summed E-state index contributed by atoms with van der Waals surface area (Å²) in [5.41, 5.74) is 1.83. The third kappa shape index (κ3) is 4.80. The molecule has 0 N–H and O–H groups in total. The van der Waals surface area contributed by atoms with E-state index in [1.165, 1.54) is 30.5 Å². The second kappa shape index (κ2) is 9.85. The van der Waals surface area contributed by atoms with Crippen molar-refractivity contribution in [3.05, 3.63) is 71.5 Å². The average Bonchev–Trinajstić information content (AvgIpc) is 3.27. The van der Waals surface area contributed by atoms with E-state index in [0.717, 1.165) is 50.9 Å². The van der Waals surface area contributed by atoms with Crippen molar-refractivity contribution in [2.24, 2.45) is 5.92 Å². The van der Waals surface area contributed by atoms with Gasteiger partial charge in [0.15, 0.2) is 0 Å². The Balaban J connectivity index is 1.70. The number of halogens is 1. The molecule has 0 radical (unpaired) electrons. The molecule has 3 rings (SSSR count). The fraction of sp³-hybridized carbons (Fsp3) is 0.480. The average molecular weight is 379 g/mol. The fourth-order valence-electron chi connectivity index (χ4n) is 4.73. The quantitative estimate of drug-likeness (QED) is 0.529. The molecule has 3 heteroatoms. The zero-order chi connectivity index (χ0) is 19.8. The van der Waals surface area contributed by atoms with Crippen LogP contribution in [0, 0.1) is 23.1 Å². The highest BCUT2D eigenvalue weighted by Gasteiger charge is 2.41. The second-order valence-corrected chi connectivity index (χ2v) is 8.03. The molecule has 0 aliphatic heterocycles. The van der Waals surface area contributed by atoms with Gasteiger partial charge < -0.3 is 0 Å². The van der Waals surface area contributed by atoms with Crippen LogP contribution in [0.2, 0.25) is 0 Å². The lowest BCUT2D eigenvalue weighted by Gasteiger charge is -2.34. The van der Waals surface area contributed by atoms with Crippen LogP contribution >= 0.6 is 0 Å². The first kappa shape index (κ1) is 20.6. The lowest BCUT2D eigenvalue weighted by Crippen LogP contribution is -2.34. The zero-order valence-corrected chi connectivity index (χ0v) is 16.9.